The molecule has 0 saturated carbocycles. The molecule has 0 aromatic rings. The van der Waals surface area contributed by atoms with Crippen LogP contribution < -0.4 is 0 Å². The number of aliphatic imine (C=N–C) groups is 3. The standard InChI is InChI=1S/3C9H19N2.Sc/c3*1-4-7-11(8-5-2)9-10-6-3;/h3*4-8H2,1-3H3;/q3*-1;+3. The normalized spacial score (nSPS) is 10.5. The molecule has 0 aliphatic heterocycles. The van der Waals surface area contributed by atoms with E-state index in [-0.39, 0.29) is 25.8 Å². The van der Waals surface area contributed by atoms with Crippen LogP contribution in [0.3, 0.4) is 0 Å². The van der Waals surface area contributed by atoms with Crippen molar-refractivity contribution in [3.8, 4) is 0 Å². The monoisotopic (exact) mass is 510 g/mol. The van der Waals surface area contributed by atoms with E-state index in [0.29, 0.717) is 0 Å². The quantitative estimate of drug-likeness (QED) is 0.0969. The van der Waals surface area contributed by atoms with Crippen LogP contribution in [0.1, 0.15) is 101 Å². The molecule has 198 valence electrons. The van der Waals surface area contributed by atoms with E-state index in [9.17, 15) is 0 Å². The second kappa shape index (κ2) is 36.8. The van der Waals surface area contributed by atoms with E-state index in [1.807, 2.05) is 20.8 Å². The van der Waals surface area contributed by atoms with Gasteiger partial charge in [0.1, 0.15) is 0 Å². The molecule has 0 aliphatic carbocycles. The minimum Gasteiger partial charge on any atom is -0.537 e. The van der Waals surface area contributed by atoms with Crippen molar-refractivity contribution in [2.45, 2.75) is 101 Å². The Morgan fingerprint density at radius 3 is 0.676 bits per heavy atom. The Kier molecular flexibility index (Phi) is 43.8. The zero-order valence-corrected chi connectivity index (χ0v) is 26.2. The Morgan fingerprint density at radius 1 is 0.382 bits per heavy atom. The van der Waals surface area contributed by atoms with Gasteiger partial charge in [-0.2, -0.15) is 0 Å². The van der Waals surface area contributed by atoms with Crippen LogP contribution in [-0.4, -0.2) is 92.6 Å². The molecule has 34 heavy (non-hydrogen) atoms. The third kappa shape index (κ3) is 33.5. The fraction of sp³-hybridized carbons (Fsp3) is 0.889. The third-order valence-electron chi connectivity index (χ3n) is 4.07. The summed E-state index contributed by atoms with van der Waals surface area (Å²) >= 11 is 0. The van der Waals surface area contributed by atoms with Gasteiger partial charge in [0.2, 0.25) is 0 Å². The van der Waals surface area contributed by atoms with E-state index in [4.69, 9.17) is 0 Å². The van der Waals surface area contributed by atoms with Gasteiger partial charge in [-0.25, -0.2) is 0 Å². The summed E-state index contributed by atoms with van der Waals surface area (Å²) in [7, 11) is 0. The Bertz CT molecular complexity index is 350. The van der Waals surface area contributed by atoms with Gasteiger partial charge in [0.25, 0.3) is 0 Å². The van der Waals surface area contributed by atoms with E-state index in [0.717, 1.165) is 58.9 Å². The summed E-state index contributed by atoms with van der Waals surface area (Å²) in [5.74, 6) is 0. The van der Waals surface area contributed by atoms with Crippen LogP contribution >= 0.6 is 0 Å². The van der Waals surface area contributed by atoms with Crippen LogP contribution in [0.15, 0.2) is 15.0 Å². The van der Waals surface area contributed by atoms with E-state index < -0.39 is 0 Å². The van der Waals surface area contributed by atoms with E-state index in [1.165, 1.54) is 38.5 Å². The largest absolute Gasteiger partial charge is 3.00 e. The predicted octanol–water partition coefficient (Wildman–Crippen LogP) is 6.10. The molecule has 0 N–H and O–H groups in total. The first-order chi connectivity index (χ1) is 16.0. The van der Waals surface area contributed by atoms with Crippen LogP contribution in [0.25, 0.3) is 0 Å². The second-order valence-corrected chi connectivity index (χ2v) is 7.68. The van der Waals surface area contributed by atoms with Crippen LogP contribution in [0, 0.1) is 0 Å². The van der Waals surface area contributed by atoms with Crippen molar-refractivity contribution in [3.63, 3.8) is 0 Å². The summed E-state index contributed by atoms with van der Waals surface area (Å²) in [6.45, 7) is 28.1. The smallest absolute Gasteiger partial charge is 0.537 e. The summed E-state index contributed by atoms with van der Waals surface area (Å²) in [6.07, 6.45) is 16.1. The van der Waals surface area contributed by atoms with Crippen LogP contribution in [0.5, 0.6) is 0 Å². The molecule has 0 spiro atoms. The Hall–Kier alpha value is -0.720. The molecule has 7 heteroatoms. The summed E-state index contributed by atoms with van der Waals surface area (Å²) in [4.78, 5) is 18.7. The zero-order valence-electron chi connectivity index (χ0n) is 24.4. The van der Waals surface area contributed by atoms with Gasteiger partial charge < -0.3 is 29.7 Å². The zero-order chi connectivity index (χ0) is 25.6. The summed E-state index contributed by atoms with van der Waals surface area (Å²) in [5, 5.41) is 0. The van der Waals surface area contributed by atoms with Crippen molar-refractivity contribution >= 4 is 19.0 Å². The fourth-order valence-corrected chi connectivity index (χ4v) is 2.77. The van der Waals surface area contributed by atoms with Gasteiger partial charge in [0.15, 0.2) is 0 Å². The predicted molar refractivity (Wildman–Crippen MR) is 150 cm³/mol. The maximum absolute atomic E-state index is 4.09. The van der Waals surface area contributed by atoms with Gasteiger partial charge in [0, 0.05) is 0 Å². The van der Waals surface area contributed by atoms with Crippen molar-refractivity contribution in [2.75, 3.05) is 58.9 Å². The van der Waals surface area contributed by atoms with E-state index in [1.54, 1.807) is 0 Å². The number of rotatable bonds is 18. The number of hydrogen-bond donors (Lipinski definition) is 0. The molecule has 0 fully saturated rings. The molecule has 0 unspecified atom stereocenters. The second-order valence-electron chi connectivity index (χ2n) is 7.68. The molecule has 0 aromatic heterocycles. The molecule has 0 atom stereocenters. The molecule has 0 aromatic carbocycles. The molecule has 6 nitrogen and oxygen atoms in total. The first kappa shape index (κ1) is 40.4. The number of hydrogen-bond acceptors (Lipinski definition) is 3. The van der Waals surface area contributed by atoms with Gasteiger partial charge in [0.05, 0.1) is 0 Å². The third-order valence-corrected chi connectivity index (χ3v) is 4.07. The van der Waals surface area contributed by atoms with Crippen LogP contribution in [-0.2, 0) is 25.8 Å². The molecule has 0 heterocycles. The molecular weight excluding hydrogens is 453 g/mol. The van der Waals surface area contributed by atoms with Crippen molar-refractivity contribution in [2.24, 2.45) is 15.0 Å². The molecule has 0 saturated heterocycles. The minimum atomic E-state index is 0. The van der Waals surface area contributed by atoms with Crippen LogP contribution in [0.2, 0.25) is 0 Å². The van der Waals surface area contributed by atoms with Crippen molar-refractivity contribution < 1.29 is 25.8 Å². The van der Waals surface area contributed by atoms with E-state index in [2.05, 4.69) is 90.2 Å². The minimum absolute atomic E-state index is 0. The molecule has 0 rings (SSSR count). The number of nitrogens with zero attached hydrogens (tertiary/aromatic N) is 6. The van der Waals surface area contributed by atoms with Crippen molar-refractivity contribution in [1.29, 1.82) is 0 Å². The van der Waals surface area contributed by atoms with Gasteiger partial charge in [-0.1, -0.05) is 41.5 Å². The first-order valence-corrected chi connectivity index (χ1v) is 13.6. The van der Waals surface area contributed by atoms with Gasteiger partial charge in [-0.3, -0.25) is 19.0 Å². The average Bonchev–Trinajstić information content (AvgIpc) is 2.81. The molecule has 0 radical (unpaired) electrons. The maximum Gasteiger partial charge on any atom is 3.00 e. The molecular formula is C27H57N6Sc. The van der Waals surface area contributed by atoms with Gasteiger partial charge >= 0.3 is 25.8 Å². The van der Waals surface area contributed by atoms with Crippen molar-refractivity contribution in [1.82, 2.24) is 14.7 Å². The van der Waals surface area contributed by atoms with E-state index >= 15 is 0 Å². The molecule has 0 bridgehead atoms. The van der Waals surface area contributed by atoms with Crippen LogP contribution in [0.4, 0.5) is 0 Å². The molecule has 0 amide bonds. The fourth-order valence-electron chi connectivity index (χ4n) is 2.77. The Labute approximate surface area is 233 Å². The summed E-state index contributed by atoms with van der Waals surface area (Å²) < 4.78 is 0. The Balaban J connectivity index is -0.000000196. The van der Waals surface area contributed by atoms with Gasteiger partial charge in [-0.15, -0.1) is 0 Å². The summed E-state index contributed by atoms with van der Waals surface area (Å²) in [6, 6.07) is 0. The maximum atomic E-state index is 4.09. The first-order valence-electron chi connectivity index (χ1n) is 13.6. The van der Waals surface area contributed by atoms with Gasteiger partial charge in [-0.05, 0) is 118 Å². The SMILES string of the molecule is CCCN([C-]=NCC)CCC.CCCN([C-]=NCC)CCC.CCCN([C-]=NCC)CCC.[Sc+3]. The average molecular weight is 511 g/mol. The summed E-state index contributed by atoms with van der Waals surface area (Å²) in [5.41, 5.74) is 0. The van der Waals surface area contributed by atoms with Crippen molar-refractivity contribution in [3.05, 3.63) is 0 Å². The molecule has 0 aliphatic rings. The topological polar surface area (TPSA) is 46.8 Å². The Morgan fingerprint density at radius 2 is 0.559 bits per heavy atom.